The van der Waals surface area contributed by atoms with Gasteiger partial charge < -0.3 is 24.0 Å². The Balaban J connectivity index is 1.47. The third-order valence-corrected chi connectivity index (χ3v) is 9.42. The molecule has 0 bridgehead atoms. The number of rotatable bonds is 7. The Labute approximate surface area is 273 Å². The maximum atomic E-state index is 14.5. The van der Waals surface area contributed by atoms with Gasteiger partial charge in [0.2, 0.25) is 6.79 Å². The van der Waals surface area contributed by atoms with Crippen LogP contribution in [0.4, 0.5) is 11.4 Å². The summed E-state index contributed by atoms with van der Waals surface area (Å²) in [6.45, 7) is 5.08. The third kappa shape index (κ3) is 5.68. The molecule has 0 radical (unpaired) electrons. The molecule has 1 saturated heterocycles. The number of carbonyl (C=O) groups is 1. The van der Waals surface area contributed by atoms with Crippen LogP contribution in [-0.4, -0.2) is 67.0 Å². The number of benzene rings is 3. The molecule has 3 aliphatic heterocycles. The third-order valence-electron chi connectivity index (χ3n) is 8.44. The van der Waals surface area contributed by atoms with E-state index in [1.807, 2.05) is 30.3 Å². The minimum Gasteiger partial charge on any atom is -0.463 e. The highest BCUT2D eigenvalue weighted by Crippen LogP contribution is 2.40. The van der Waals surface area contributed by atoms with Crippen LogP contribution in [0.5, 0.6) is 11.5 Å². The van der Waals surface area contributed by atoms with E-state index in [2.05, 4.69) is 16.8 Å². The lowest BCUT2D eigenvalue weighted by atomic mass is 9.93. The molecule has 0 N–H and O–H groups in total. The fourth-order valence-electron chi connectivity index (χ4n) is 6.09. The molecule has 0 amide bonds. The van der Waals surface area contributed by atoms with Crippen molar-refractivity contribution in [3.8, 4) is 11.5 Å². The molecule has 0 spiro atoms. The van der Waals surface area contributed by atoms with Crippen molar-refractivity contribution in [1.29, 1.82) is 0 Å². The number of nitro benzene ring substituents is 1. The van der Waals surface area contributed by atoms with Gasteiger partial charge in [-0.25, -0.2) is 9.79 Å². The number of likely N-dealkylation sites (N-methyl/N-ethyl adjacent to an activating group) is 1. The quantitative estimate of drug-likeness (QED) is 0.168. The number of nitro groups is 1. The number of non-ortho nitro benzene ring substituents is 1. The van der Waals surface area contributed by atoms with Crippen molar-refractivity contribution in [2.45, 2.75) is 13.0 Å². The van der Waals surface area contributed by atoms with Gasteiger partial charge in [0.05, 0.1) is 33.4 Å². The minimum absolute atomic E-state index is 0.0657. The first-order chi connectivity index (χ1) is 22.8. The first-order valence-electron chi connectivity index (χ1n) is 15.2. The number of thiazole rings is 1. The predicted molar refractivity (Wildman–Crippen MR) is 176 cm³/mol. The maximum absolute atomic E-state index is 14.5. The van der Waals surface area contributed by atoms with Crippen LogP contribution in [0.15, 0.2) is 82.1 Å². The molecule has 47 heavy (non-hydrogen) atoms. The number of carbonyl (C=O) groups excluding carboxylic acids is 1. The van der Waals surface area contributed by atoms with Gasteiger partial charge in [-0.15, -0.1) is 0 Å². The molecular weight excluding hydrogens is 622 g/mol. The molecule has 1 atom stereocenters. The smallest absolute Gasteiger partial charge is 0.338 e. The number of hydrogen-bond donors (Lipinski definition) is 0. The van der Waals surface area contributed by atoms with Gasteiger partial charge in [-0.3, -0.25) is 19.5 Å². The first kappa shape index (κ1) is 30.4. The zero-order valence-corrected chi connectivity index (χ0v) is 26.6. The van der Waals surface area contributed by atoms with E-state index in [4.69, 9.17) is 19.2 Å². The summed E-state index contributed by atoms with van der Waals surface area (Å²) in [7, 11) is 2.06. The van der Waals surface area contributed by atoms with E-state index in [1.54, 1.807) is 37.3 Å². The van der Waals surface area contributed by atoms with E-state index < -0.39 is 16.9 Å². The van der Waals surface area contributed by atoms with E-state index in [9.17, 15) is 19.7 Å². The highest BCUT2D eigenvalue weighted by molar-refractivity contribution is 7.07. The first-order valence-corrected chi connectivity index (χ1v) is 16.0. The SMILES string of the molecule is CCOC(=O)C1=C(c2ccccc2)N=c2sc(=Cc3cc([N+](=O)[O-])ccc3N3CCN(C)CC3)c(=O)n2[C@@H]1c1ccc2c(c1)OCO2. The number of fused-ring (bicyclic) bond motifs is 2. The molecule has 3 aromatic carbocycles. The van der Waals surface area contributed by atoms with Crippen molar-refractivity contribution in [3.05, 3.63) is 119 Å². The lowest BCUT2D eigenvalue weighted by Gasteiger charge is -2.34. The van der Waals surface area contributed by atoms with Crippen LogP contribution in [-0.2, 0) is 9.53 Å². The monoisotopic (exact) mass is 653 g/mol. The average molecular weight is 654 g/mol. The Morgan fingerprint density at radius 1 is 1.06 bits per heavy atom. The number of ether oxygens (including phenoxy) is 3. The van der Waals surface area contributed by atoms with Crippen molar-refractivity contribution in [1.82, 2.24) is 9.47 Å². The second-order valence-corrected chi connectivity index (χ2v) is 12.3. The fraction of sp³-hybridized carbons (Fsp3) is 0.265. The normalized spacial score (nSPS) is 17.8. The Bertz CT molecular complexity index is 2100. The molecule has 7 rings (SSSR count). The van der Waals surface area contributed by atoms with E-state index in [0.717, 1.165) is 31.9 Å². The van der Waals surface area contributed by atoms with Gasteiger partial charge in [0.25, 0.3) is 11.2 Å². The standard InChI is InChI=1S/C34H31N5O7S/c1-3-44-33(41)29-30(21-7-5-4-6-8-21)35-34-38(31(29)22-9-12-26-27(18-22)46-20-45-26)32(40)28(47-34)19-23-17-24(39(42)43)10-11-25(23)37-15-13-36(2)14-16-37/h4-12,17-19,31H,3,13-16,20H2,1-2H3/t31-/m1/s1. The van der Waals surface area contributed by atoms with Gasteiger partial charge in [-0.1, -0.05) is 47.7 Å². The van der Waals surface area contributed by atoms with E-state index >= 15 is 0 Å². The summed E-state index contributed by atoms with van der Waals surface area (Å²) in [5.74, 6) is 0.468. The molecule has 0 saturated carbocycles. The molecule has 4 aromatic rings. The molecule has 0 aliphatic carbocycles. The molecule has 3 aliphatic rings. The molecule has 4 heterocycles. The summed E-state index contributed by atoms with van der Waals surface area (Å²) < 4.78 is 18.6. The molecular formula is C34H31N5O7S. The van der Waals surface area contributed by atoms with Crippen LogP contribution in [0.25, 0.3) is 11.8 Å². The number of anilines is 1. The van der Waals surface area contributed by atoms with Gasteiger partial charge in [0, 0.05) is 55.1 Å². The van der Waals surface area contributed by atoms with Crippen LogP contribution < -0.4 is 29.3 Å². The van der Waals surface area contributed by atoms with E-state index in [0.29, 0.717) is 43.2 Å². The van der Waals surface area contributed by atoms with Gasteiger partial charge in [0.15, 0.2) is 16.3 Å². The van der Waals surface area contributed by atoms with Gasteiger partial charge in [-0.05, 0) is 43.8 Å². The summed E-state index contributed by atoms with van der Waals surface area (Å²) >= 11 is 1.17. The molecule has 1 fully saturated rings. The highest BCUT2D eigenvalue weighted by atomic mass is 32.1. The molecule has 13 heteroatoms. The number of aromatic nitrogens is 1. The second kappa shape index (κ2) is 12.5. The summed E-state index contributed by atoms with van der Waals surface area (Å²) in [6, 6.07) is 18.4. The summed E-state index contributed by atoms with van der Waals surface area (Å²) in [5.41, 5.74) is 2.81. The van der Waals surface area contributed by atoms with Crippen molar-refractivity contribution < 1.29 is 23.9 Å². The Morgan fingerprint density at radius 3 is 2.57 bits per heavy atom. The Kier molecular flexibility index (Phi) is 8.08. The zero-order valence-electron chi connectivity index (χ0n) is 25.8. The fourth-order valence-corrected chi connectivity index (χ4v) is 7.08. The van der Waals surface area contributed by atoms with Crippen molar-refractivity contribution >= 4 is 40.5 Å². The number of nitrogens with zero attached hydrogens (tertiary/aromatic N) is 5. The lowest BCUT2D eigenvalue weighted by molar-refractivity contribution is -0.384. The predicted octanol–water partition coefficient (Wildman–Crippen LogP) is 3.32. The van der Waals surface area contributed by atoms with Crippen LogP contribution in [0.2, 0.25) is 0 Å². The zero-order chi connectivity index (χ0) is 32.7. The molecule has 240 valence electrons. The number of hydrogen-bond acceptors (Lipinski definition) is 11. The second-order valence-electron chi connectivity index (χ2n) is 11.3. The topological polar surface area (TPSA) is 129 Å². The van der Waals surface area contributed by atoms with Gasteiger partial charge >= 0.3 is 5.97 Å². The summed E-state index contributed by atoms with van der Waals surface area (Å²) in [4.78, 5) is 49.3. The lowest BCUT2D eigenvalue weighted by Crippen LogP contribution is -2.44. The van der Waals surface area contributed by atoms with Gasteiger partial charge in [-0.2, -0.15) is 0 Å². The van der Waals surface area contributed by atoms with E-state index in [1.165, 1.54) is 28.0 Å². The largest absolute Gasteiger partial charge is 0.463 e. The van der Waals surface area contributed by atoms with Crippen LogP contribution in [0.1, 0.15) is 29.7 Å². The maximum Gasteiger partial charge on any atom is 0.338 e. The Hall–Kier alpha value is -5.27. The van der Waals surface area contributed by atoms with Gasteiger partial charge in [0.1, 0.15) is 0 Å². The summed E-state index contributed by atoms with van der Waals surface area (Å²) in [6.07, 6.45) is 1.69. The van der Waals surface area contributed by atoms with Crippen molar-refractivity contribution in [3.63, 3.8) is 0 Å². The molecule has 0 unspecified atom stereocenters. The Morgan fingerprint density at radius 2 is 1.83 bits per heavy atom. The average Bonchev–Trinajstić information content (AvgIpc) is 3.68. The van der Waals surface area contributed by atoms with Crippen LogP contribution in [0.3, 0.4) is 0 Å². The van der Waals surface area contributed by atoms with E-state index in [-0.39, 0.29) is 30.2 Å². The van der Waals surface area contributed by atoms with Crippen molar-refractivity contribution in [2.24, 2.45) is 4.99 Å². The minimum atomic E-state index is -0.903. The molecule has 1 aromatic heterocycles. The number of esters is 1. The summed E-state index contributed by atoms with van der Waals surface area (Å²) in [5, 5.41) is 11.8. The number of piperazine rings is 1. The highest BCUT2D eigenvalue weighted by Gasteiger charge is 2.36. The van der Waals surface area contributed by atoms with Crippen LogP contribution in [0, 0.1) is 10.1 Å². The molecule has 12 nitrogen and oxygen atoms in total. The van der Waals surface area contributed by atoms with Crippen LogP contribution >= 0.6 is 11.3 Å². The van der Waals surface area contributed by atoms with Crippen molar-refractivity contribution in [2.75, 3.05) is 51.5 Å².